The van der Waals surface area contributed by atoms with Gasteiger partial charge in [-0.25, -0.2) is 4.39 Å². The zero-order chi connectivity index (χ0) is 20.5. The normalized spacial score (nSPS) is 19.0. The maximum atomic E-state index is 13.1. The first-order chi connectivity index (χ1) is 14.1. The zero-order valence-corrected chi connectivity index (χ0v) is 17.2. The van der Waals surface area contributed by atoms with Crippen LogP contribution in [-0.4, -0.2) is 74.0 Å². The Balaban J connectivity index is 1.34. The van der Waals surface area contributed by atoms with Crippen molar-refractivity contribution in [2.24, 2.45) is 0 Å². The van der Waals surface area contributed by atoms with E-state index in [-0.39, 0.29) is 17.6 Å². The van der Waals surface area contributed by atoms with Crippen molar-refractivity contribution in [3.8, 4) is 0 Å². The quantitative estimate of drug-likeness (QED) is 0.709. The first kappa shape index (κ1) is 21.6. The van der Waals surface area contributed by atoms with E-state index >= 15 is 0 Å². The van der Waals surface area contributed by atoms with Crippen LogP contribution >= 0.6 is 0 Å². The summed E-state index contributed by atoms with van der Waals surface area (Å²) in [6, 6.07) is 6.61. The molecule has 2 heterocycles. The fourth-order valence-corrected chi connectivity index (χ4v) is 4.07. The van der Waals surface area contributed by atoms with Gasteiger partial charge >= 0.3 is 0 Å². The standard InChI is InChI=1S/C22H33FN4O2/c23-19-7-9-20(10-8-19)26-15-5-12-25(16-17-26)18-21(28)24-11-4-14-27-13-3-1-2-6-22(27)29/h7-10H,1-6,11-18H2,(H,24,28). The number of carbonyl (C=O) groups is 2. The molecule has 7 heteroatoms. The topological polar surface area (TPSA) is 55.9 Å². The van der Waals surface area contributed by atoms with E-state index in [0.29, 0.717) is 19.5 Å². The van der Waals surface area contributed by atoms with Gasteiger partial charge in [0.25, 0.3) is 0 Å². The van der Waals surface area contributed by atoms with Crippen LogP contribution in [0.4, 0.5) is 10.1 Å². The minimum atomic E-state index is -0.220. The molecule has 0 bridgehead atoms. The van der Waals surface area contributed by atoms with Gasteiger partial charge in [0.2, 0.25) is 11.8 Å². The van der Waals surface area contributed by atoms with Crippen LogP contribution in [0.15, 0.2) is 24.3 Å². The van der Waals surface area contributed by atoms with Crippen molar-refractivity contribution < 1.29 is 14.0 Å². The van der Waals surface area contributed by atoms with Crippen molar-refractivity contribution in [2.75, 3.05) is 57.3 Å². The summed E-state index contributed by atoms with van der Waals surface area (Å²) in [4.78, 5) is 30.7. The van der Waals surface area contributed by atoms with Gasteiger partial charge in [0.05, 0.1) is 6.54 Å². The number of nitrogens with one attached hydrogen (secondary N) is 1. The summed E-state index contributed by atoms with van der Waals surface area (Å²) in [6.45, 7) is 6.03. The number of nitrogens with zero attached hydrogens (tertiary/aromatic N) is 3. The molecule has 3 rings (SSSR count). The van der Waals surface area contributed by atoms with Crippen LogP contribution in [0.5, 0.6) is 0 Å². The van der Waals surface area contributed by atoms with E-state index in [9.17, 15) is 14.0 Å². The molecule has 0 unspecified atom stereocenters. The Hall–Kier alpha value is -2.15. The Labute approximate surface area is 173 Å². The molecule has 2 aliphatic heterocycles. The highest BCUT2D eigenvalue weighted by atomic mass is 19.1. The third-order valence-electron chi connectivity index (χ3n) is 5.75. The molecule has 0 spiro atoms. The number of likely N-dealkylation sites (tertiary alicyclic amines) is 1. The van der Waals surface area contributed by atoms with E-state index in [0.717, 1.165) is 77.1 Å². The molecule has 1 N–H and O–H groups in total. The highest BCUT2D eigenvalue weighted by molar-refractivity contribution is 5.78. The van der Waals surface area contributed by atoms with Gasteiger partial charge in [-0.05, 0) is 49.9 Å². The van der Waals surface area contributed by atoms with Crippen molar-refractivity contribution in [3.05, 3.63) is 30.1 Å². The second kappa shape index (κ2) is 11.1. The Kier molecular flexibility index (Phi) is 8.28. The van der Waals surface area contributed by atoms with E-state index in [1.54, 1.807) is 0 Å². The summed E-state index contributed by atoms with van der Waals surface area (Å²) >= 11 is 0. The summed E-state index contributed by atoms with van der Waals surface area (Å²) < 4.78 is 13.1. The molecule has 2 aliphatic rings. The molecule has 0 aromatic heterocycles. The van der Waals surface area contributed by atoms with E-state index in [1.807, 2.05) is 17.0 Å². The third kappa shape index (κ3) is 6.99. The van der Waals surface area contributed by atoms with Gasteiger partial charge in [-0.1, -0.05) is 6.42 Å². The molecule has 29 heavy (non-hydrogen) atoms. The monoisotopic (exact) mass is 404 g/mol. The lowest BCUT2D eigenvalue weighted by Gasteiger charge is -2.23. The fraction of sp³-hybridized carbons (Fsp3) is 0.636. The SMILES string of the molecule is O=C(CN1CCCN(c2ccc(F)cc2)CC1)NCCCN1CCCCCC1=O. The molecule has 0 aliphatic carbocycles. The van der Waals surface area contributed by atoms with E-state index in [2.05, 4.69) is 15.1 Å². The van der Waals surface area contributed by atoms with E-state index in [1.165, 1.54) is 12.1 Å². The van der Waals surface area contributed by atoms with Gasteiger partial charge in [0, 0.05) is 57.9 Å². The van der Waals surface area contributed by atoms with Gasteiger partial charge in [-0.15, -0.1) is 0 Å². The van der Waals surface area contributed by atoms with Gasteiger partial charge in [-0.3, -0.25) is 14.5 Å². The van der Waals surface area contributed by atoms with Crippen LogP contribution in [0, 0.1) is 5.82 Å². The molecular weight excluding hydrogens is 371 g/mol. The smallest absolute Gasteiger partial charge is 0.234 e. The Bertz CT molecular complexity index is 667. The van der Waals surface area contributed by atoms with Crippen molar-refractivity contribution >= 4 is 17.5 Å². The second-order valence-corrected chi connectivity index (χ2v) is 7.99. The largest absolute Gasteiger partial charge is 0.370 e. The molecule has 1 aromatic rings. The van der Waals surface area contributed by atoms with E-state index in [4.69, 9.17) is 0 Å². The molecule has 6 nitrogen and oxygen atoms in total. The number of benzene rings is 1. The molecule has 2 amide bonds. The number of rotatable bonds is 7. The van der Waals surface area contributed by atoms with Gasteiger partial charge in [0.1, 0.15) is 5.82 Å². The number of amides is 2. The Morgan fingerprint density at radius 1 is 0.966 bits per heavy atom. The molecule has 0 radical (unpaired) electrons. The molecule has 0 saturated carbocycles. The minimum Gasteiger partial charge on any atom is -0.370 e. The highest BCUT2D eigenvalue weighted by Gasteiger charge is 2.18. The second-order valence-electron chi connectivity index (χ2n) is 7.99. The van der Waals surface area contributed by atoms with Gasteiger partial charge in [0.15, 0.2) is 0 Å². The van der Waals surface area contributed by atoms with Crippen LogP contribution in [0.3, 0.4) is 0 Å². The molecule has 2 fully saturated rings. The first-order valence-corrected chi connectivity index (χ1v) is 10.9. The third-order valence-corrected chi connectivity index (χ3v) is 5.75. The summed E-state index contributed by atoms with van der Waals surface area (Å²) in [7, 11) is 0. The molecule has 2 saturated heterocycles. The first-order valence-electron chi connectivity index (χ1n) is 10.9. The Morgan fingerprint density at radius 3 is 2.62 bits per heavy atom. The predicted molar refractivity (Wildman–Crippen MR) is 112 cm³/mol. The van der Waals surface area contributed by atoms with Crippen LogP contribution in [-0.2, 0) is 9.59 Å². The fourth-order valence-electron chi connectivity index (χ4n) is 4.07. The average Bonchev–Trinajstić information content (AvgIpc) is 3.06. The van der Waals surface area contributed by atoms with Crippen molar-refractivity contribution in [2.45, 2.75) is 38.5 Å². The van der Waals surface area contributed by atoms with Crippen molar-refractivity contribution in [1.29, 1.82) is 0 Å². The van der Waals surface area contributed by atoms with Crippen LogP contribution < -0.4 is 10.2 Å². The van der Waals surface area contributed by atoms with Crippen LogP contribution in [0.25, 0.3) is 0 Å². The average molecular weight is 405 g/mol. The molecule has 160 valence electrons. The summed E-state index contributed by atoms with van der Waals surface area (Å²) in [5, 5.41) is 3.00. The number of anilines is 1. The minimum absolute atomic E-state index is 0.0439. The van der Waals surface area contributed by atoms with Gasteiger partial charge in [-0.2, -0.15) is 0 Å². The van der Waals surface area contributed by atoms with Gasteiger partial charge < -0.3 is 15.1 Å². The number of hydrogen-bond donors (Lipinski definition) is 1. The maximum Gasteiger partial charge on any atom is 0.234 e. The van der Waals surface area contributed by atoms with Crippen molar-refractivity contribution in [1.82, 2.24) is 15.1 Å². The zero-order valence-electron chi connectivity index (χ0n) is 17.2. The van der Waals surface area contributed by atoms with E-state index < -0.39 is 0 Å². The Morgan fingerprint density at radius 2 is 1.79 bits per heavy atom. The summed E-state index contributed by atoms with van der Waals surface area (Å²) in [5.41, 5.74) is 1.03. The highest BCUT2D eigenvalue weighted by Crippen LogP contribution is 2.17. The lowest BCUT2D eigenvalue weighted by atomic mass is 10.2. The van der Waals surface area contributed by atoms with Crippen LogP contribution in [0.2, 0.25) is 0 Å². The number of carbonyl (C=O) groups excluding carboxylic acids is 2. The predicted octanol–water partition coefficient (Wildman–Crippen LogP) is 2.25. The van der Waals surface area contributed by atoms with Crippen LogP contribution in [0.1, 0.15) is 38.5 Å². The lowest BCUT2D eigenvalue weighted by molar-refractivity contribution is -0.130. The summed E-state index contributed by atoms with van der Waals surface area (Å²) in [5.74, 6) is 0.0774. The lowest BCUT2D eigenvalue weighted by Crippen LogP contribution is -2.40. The molecule has 0 atom stereocenters. The number of hydrogen-bond acceptors (Lipinski definition) is 4. The molecule has 1 aromatic carbocycles. The summed E-state index contributed by atoms with van der Waals surface area (Å²) in [6.07, 6.45) is 5.66. The molecular formula is C22H33FN4O2. The maximum absolute atomic E-state index is 13.1. The number of halogens is 1. The van der Waals surface area contributed by atoms with Crippen molar-refractivity contribution in [3.63, 3.8) is 0 Å².